The Kier molecular flexibility index (Phi) is 5.20. The molecule has 0 fully saturated rings. The highest BCUT2D eigenvalue weighted by Crippen LogP contribution is 2.34. The molecule has 2 nitrogen and oxygen atoms in total. The van der Waals surface area contributed by atoms with Crippen LogP contribution in [0, 0.1) is 0 Å². The fourth-order valence-corrected chi connectivity index (χ4v) is 3.35. The maximum Gasteiger partial charge on any atom is 0.136 e. The molecule has 0 bridgehead atoms. The Morgan fingerprint density at radius 1 is 0.800 bits per heavy atom. The fourth-order valence-electron chi connectivity index (χ4n) is 3.35. The second-order valence-electron chi connectivity index (χ2n) is 6.17. The van der Waals surface area contributed by atoms with Crippen LogP contribution in [0.15, 0.2) is 89.9 Å². The van der Waals surface area contributed by atoms with Crippen molar-refractivity contribution >= 4 is 23.9 Å². The summed E-state index contributed by atoms with van der Waals surface area (Å²) in [4.78, 5) is 7.32. The molecule has 0 radical (unpaired) electrons. The molecule has 0 amide bonds. The first-order chi connectivity index (χ1) is 11.8. The van der Waals surface area contributed by atoms with E-state index in [1.807, 2.05) is 6.07 Å². The van der Waals surface area contributed by atoms with Crippen molar-refractivity contribution in [3.8, 4) is 0 Å². The number of likely N-dealkylation sites (N-methyl/N-ethyl adjacent to an activating group) is 1. The van der Waals surface area contributed by atoms with Gasteiger partial charge in [0.05, 0.1) is 11.7 Å². The normalized spacial score (nSPS) is 16.3. The molecule has 1 atom stereocenters. The number of fused-ring (bicyclic) bond motifs is 1. The zero-order valence-corrected chi connectivity index (χ0v) is 15.0. The third-order valence-electron chi connectivity index (χ3n) is 4.65. The number of halogens is 1. The van der Waals surface area contributed by atoms with Gasteiger partial charge in [0.2, 0.25) is 0 Å². The van der Waals surface area contributed by atoms with E-state index in [1.54, 1.807) is 0 Å². The SMILES string of the molecule is CN1C(c2ccccc2)=Nc2ccccc2CC1c1ccccc1.Cl. The third-order valence-corrected chi connectivity index (χ3v) is 4.65. The Labute approximate surface area is 155 Å². The molecule has 0 saturated heterocycles. The molecular weight excluding hydrogens is 328 g/mol. The molecule has 0 spiro atoms. The van der Waals surface area contributed by atoms with Crippen LogP contribution in [0.25, 0.3) is 0 Å². The van der Waals surface area contributed by atoms with Gasteiger partial charge in [0.15, 0.2) is 0 Å². The summed E-state index contributed by atoms with van der Waals surface area (Å²) in [6.45, 7) is 0. The Morgan fingerprint density at radius 2 is 1.40 bits per heavy atom. The average Bonchev–Trinajstić information content (AvgIpc) is 2.80. The lowest BCUT2D eigenvalue weighted by Crippen LogP contribution is -2.32. The number of hydrogen-bond donors (Lipinski definition) is 0. The topological polar surface area (TPSA) is 15.6 Å². The van der Waals surface area contributed by atoms with E-state index in [9.17, 15) is 0 Å². The van der Waals surface area contributed by atoms with Crippen LogP contribution in [0.2, 0.25) is 0 Å². The van der Waals surface area contributed by atoms with Crippen molar-refractivity contribution in [3.05, 3.63) is 102 Å². The largest absolute Gasteiger partial charge is 0.352 e. The first-order valence-electron chi connectivity index (χ1n) is 8.33. The fraction of sp³-hybridized carbons (Fsp3) is 0.136. The zero-order chi connectivity index (χ0) is 16.4. The van der Waals surface area contributed by atoms with E-state index in [-0.39, 0.29) is 18.4 Å². The summed E-state index contributed by atoms with van der Waals surface area (Å²) in [5, 5.41) is 0. The minimum Gasteiger partial charge on any atom is -0.352 e. The van der Waals surface area contributed by atoms with Crippen molar-refractivity contribution in [2.24, 2.45) is 4.99 Å². The van der Waals surface area contributed by atoms with Crippen LogP contribution in [-0.4, -0.2) is 17.8 Å². The second kappa shape index (κ2) is 7.54. The summed E-state index contributed by atoms with van der Waals surface area (Å²) in [7, 11) is 2.15. The van der Waals surface area contributed by atoms with E-state index < -0.39 is 0 Å². The smallest absolute Gasteiger partial charge is 0.136 e. The Morgan fingerprint density at radius 3 is 2.12 bits per heavy atom. The quantitative estimate of drug-likeness (QED) is 0.604. The molecule has 25 heavy (non-hydrogen) atoms. The summed E-state index contributed by atoms with van der Waals surface area (Å²) in [5.74, 6) is 1.02. The minimum absolute atomic E-state index is 0. The Bertz CT molecular complexity index is 859. The average molecular weight is 349 g/mol. The molecular formula is C22H21ClN2. The van der Waals surface area contributed by atoms with Gasteiger partial charge in [0.25, 0.3) is 0 Å². The predicted molar refractivity (Wildman–Crippen MR) is 107 cm³/mol. The lowest BCUT2D eigenvalue weighted by atomic mass is 9.97. The van der Waals surface area contributed by atoms with Gasteiger partial charge in [-0.2, -0.15) is 0 Å². The van der Waals surface area contributed by atoms with Crippen LogP contribution in [0.1, 0.15) is 22.7 Å². The van der Waals surface area contributed by atoms with Gasteiger partial charge in [-0.15, -0.1) is 12.4 Å². The maximum atomic E-state index is 5.01. The van der Waals surface area contributed by atoms with E-state index in [1.165, 1.54) is 11.1 Å². The van der Waals surface area contributed by atoms with Crippen molar-refractivity contribution < 1.29 is 0 Å². The number of aliphatic imine (C=N–C) groups is 1. The summed E-state index contributed by atoms with van der Waals surface area (Å²) in [6.07, 6.45) is 0.955. The van der Waals surface area contributed by atoms with Crippen molar-refractivity contribution in [3.63, 3.8) is 0 Å². The minimum atomic E-state index is 0. The number of hydrogen-bond acceptors (Lipinski definition) is 2. The van der Waals surface area contributed by atoms with E-state index in [4.69, 9.17) is 4.99 Å². The van der Waals surface area contributed by atoms with Crippen molar-refractivity contribution in [1.82, 2.24) is 4.90 Å². The molecule has 0 aliphatic carbocycles. The number of amidine groups is 1. The van der Waals surface area contributed by atoms with E-state index in [0.717, 1.165) is 23.5 Å². The molecule has 1 aliphatic heterocycles. The first kappa shape index (κ1) is 17.2. The summed E-state index contributed by atoms with van der Waals surface area (Å²) in [5.41, 5.74) is 4.84. The van der Waals surface area contributed by atoms with Crippen LogP contribution < -0.4 is 0 Å². The molecule has 3 aromatic rings. The van der Waals surface area contributed by atoms with Gasteiger partial charge >= 0.3 is 0 Å². The lowest BCUT2D eigenvalue weighted by molar-refractivity contribution is 0.377. The molecule has 1 heterocycles. The second-order valence-corrected chi connectivity index (χ2v) is 6.17. The monoisotopic (exact) mass is 348 g/mol. The molecule has 3 aromatic carbocycles. The van der Waals surface area contributed by atoms with Crippen LogP contribution in [0.4, 0.5) is 5.69 Å². The first-order valence-corrected chi connectivity index (χ1v) is 8.33. The van der Waals surface area contributed by atoms with Crippen LogP contribution in [0.3, 0.4) is 0 Å². The number of nitrogens with zero attached hydrogens (tertiary/aromatic N) is 2. The van der Waals surface area contributed by atoms with Gasteiger partial charge in [0.1, 0.15) is 5.84 Å². The standard InChI is InChI=1S/C22H20N2.ClH/c1-24-21(17-10-4-2-5-11-17)16-19-14-8-9-15-20(19)23-22(24)18-12-6-3-7-13-18;/h2-15,21H,16H2,1H3;1H. The molecule has 0 saturated carbocycles. The van der Waals surface area contributed by atoms with Crippen molar-refractivity contribution in [2.75, 3.05) is 7.05 Å². The molecule has 0 aromatic heterocycles. The van der Waals surface area contributed by atoms with E-state index >= 15 is 0 Å². The van der Waals surface area contributed by atoms with Gasteiger partial charge in [-0.25, -0.2) is 4.99 Å². The van der Waals surface area contributed by atoms with Crippen LogP contribution in [0.5, 0.6) is 0 Å². The van der Waals surface area contributed by atoms with Crippen LogP contribution in [-0.2, 0) is 6.42 Å². The Balaban J connectivity index is 0.00000182. The van der Waals surface area contributed by atoms with Gasteiger partial charge in [-0.3, -0.25) is 0 Å². The van der Waals surface area contributed by atoms with E-state index in [2.05, 4.69) is 90.8 Å². The highest BCUT2D eigenvalue weighted by Gasteiger charge is 2.25. The highest BCUT2D eigenvalue weighted by atomic mass is 35.5. The van der Waals surface area contributed by atoms with Gasteiger partial charge in [0, 0.05) is 12.6 Å². The summed E-state index contributed by atoms with van der Waals surface area (Å²) < 4.78 is 0. The summed E-state index contributed by atoms with van der Waals surface area (Å²) >= 11 is 0. The Hall–Kier alpha value is -2.58. The van der Waals surface area contributed by atoms with Crippen molar-refractivity contribution in [1.29, 1.82) is 0 Å². The van der Waals surface area contributed by atoms with Gasteiger partial charge < -0.3 is 4.90 Å². The van der Waals surface area contributed by atoms with Gasteiger partial charge in [-0.05, 0) is 23.6 Å². The molecule has 3 heteroatoms. The maximum absolute atomic E-state index is 5.01. The highest BCUT2D eigenvalue weighted by molar-refractivity contribution is 6.01. The van der Waals surface area contributed by atoms with Crippen LogP contribution >= 0.6 is 12.4 Å². The van der Waals surface area contributed by atoms with Crippen molar-refractivity contribution in [2.45, 2.75) is 12.5 Å². The molecule has 0 N–H and O–H groups in total. The third kappa shape index (κ3) is 3.45. The predicted octanol–water partition coefficient (Wildman–Crippen LogP) is 5.42. The number of benzene rings is 3. The number of rotatable bonds is 2. The van der Waals surface area contributed by atoms with E-state index in [0.29, 0.717) is 0 Å². The van der Waals surface area contributed by atoms with Gasteiger partial charge in [-0.1, -0.05) is 78.9 Å². The lowest BCUT2D eigenvalue weighted by Gasteiger charge is -2.30. The molecule has 1 aliphatic rings. The number of para-hydroxylation sites is 1. The zero-order valence-electron chi connectivity index (χ0n) is 14.2. The summed E-state index contributed by atoms with van der Waals surface area (Å²) in [6, 6.07) is 29.9. The molecule has 126 valence electrons. The molecule has 4 rings (SSSR count). The molecule has 1 unspecified atom stereocenters.